The number of rotatable bonds is 0. The van der Waals surface area contributed by atoms with E-state index < -0.39 is 0 Å². The second-order valence-electron chi connectivity index (χ2n) is 7.22. The van der Waals surface area contributed by atoms with Crippen molar-refractivity contribution in [2.45, 2.75) is 38.1 Å². The van der Waals surface area contributed by atoms with Crippen LogP contribution in [-0.2, 0) is 5.41 Å². The zero-order chi connectivity index (χ0) is 14.2. The van der Waals surface area contributed by atoms with Gasteiger partial charge in [0.2, 0.25) is 0 Å². The molecule has 3 bridgehead atoms. The van der Waals surface area contributed by atoms with E-state index >= 15 is 0 Å². The lowest BCUT2D eigenvalue weighted by Gasteiger charge is -2.59. The molecule has 2 nitrogen and oxygen atoms in total. The average Bonchev–Trinajstić information content (AvgIpc) is 2.88. The predicted octanol–water partition coefficient (Wildman–Crippen LogP) is 3.70. The molecule has 0 N–H and O–H groups in total. The Morgan fingerprint density at radius 1 is 1.33 bits per heavy atom. The van der Waals surface area contributed by atoms with Gasteiger partial charge < -0.3 is 0 Å². The first-order valence-electron chi connectivity index (χ1n) is 8.33. The van der Waals surface area contributed by atoms with Crippen LogP contribution in [0.4, 0.5) is 5.69 Å². The van der Waals surface area contributed by atoms with Crippen LogP contribution in [0.15, 0.2) is 40.9 Å². The van der Waals surface area contributed by atoms with Crippen molar-refractivity contribution in [2.75, 3.05) is 13.1 Å². The van der Waals surface area contributed by atoms with Crippen molar-refractivity contribution in [2.24, 2.45) is 16.8 Å². The quantitative estimate of drug-likeness (QED) is 0.661. The second kappa shape index (κ2) is 3.86. The Bertz CT molecular complexity index is 687. The van der Waals surface area contributed by atoms with Gasteiger partial charge in [0.25, 0.3) is 0 Å². The van der Waals surface area contributed by atoms with Crippen LogP contribution in [0.2, 0.25) is 0 Å². The van der Waals surface area contributed by atoms with Crippen LogP contribution in [0.25, 0.3) is 0 Å². The van der Waals surface area contributed by atoms with Gasteiger partial charge in [-0.05, 0) is 43.2 Å². The monoisotopic (exact) mass is 278 g/mol. The van der Waals surface area contributed by atoms with Gasteiger partial charge in [0.05, 0.1) is 5.69 Å². The summed E-state index contributed by atoms with van der Waals surface area (Å²) in [6, 6.07) is 9.49. The van der Waals surface area contributed by atoms with E-state index in [-0.39, 0.29) is 5.41 Å². The third-order valence-corrected chi connectivity index (χ3v) is 6.72. The molecule has 4 aliphatic rings. The number of nitrogens with zero attached hydrogens (tertiary/aromatic N) is 2. The highest BCUT2D eigenvalue weighted by molar-refractivity contribution is 6.07. The van der Waals surface area contributed by atoms with Gasteiger partial charge in [-0.2, -0.15) is 0 Å². The highest BCUT2D eigenvalue weighted by Gasteiger charge is 2.61. The molecule has 1 saturated carbocycles. The first-order chi connectivity index (χ1) is 10.3. The normalized spacial score (nSPS) is 41.9. The zero-order valence-corrected chi connectivity index (χ0v) is 12.8. The molecule has 1 aliphatic carbocycles. The van der Waals surface area contributed by atoms with Gasteiger partial charge in [-0.25, -0.2) is 0 Å². The van der Waals surface area contributed by atoms with Crippen LogP contribution in [-0.4, -0.2) is 29.7 Å². The Kier molecular flexibility index (Phi) is 2.24. The third-order valence-electron chi connectivity index (χ3n) is 6.72. The largest absolute Gasteiger partial charge is 0.291 e. The third kappa shape index (κ3) is 1.27. The topological polar surface area (TPSA) is 15.6 Å². The number of piperidine rings is 2. The second-order valence-corrected chi connectivity index (χ2v) is 7.22. The molecule has 2 heteroatoms. The maximum absolute atomic E-state index is 5.12. The number of benzene rings is 1. The van der Waals surface area contributed by atoms with E-state index in [1.54, 1.807) is 5.57 Å². The van der Waals surface area contributed by atoms with Crippen LogP contribution in [0.3, 0.4) is 0 Å². The van der Waals surface area contributed by atoms with E-state index in [4.69, 9.17) is 4.99 Å². The SMILES string of the molecule is C/C=C1/CN2CC[C@]34C(=Nc5ccccc53)[C@@H]2C[C@@H]1C4C. The number of allylic oxidation sites excluding steroid dienone is 1. The molecule has 1 aromatic rings. The van der Waals surface area contributed by atoms with E-state index in [2.05, 4.69) is 49.1 Å². The molecule has 108 valence electrons. The number of aliphatic imine (C=N–C) groups is 1. The minimum absolute atomic E-state index is 0.232. The molecule has 1 unspecified atom stereocenters. The molecule has 1 aromatic carbocycles. The van der Waals surface area contributed by atoms with Crippen LogP contribution in [0.5, 0.6) is 0 Å². The van der Waals surface area contributed by atoms with Gasteiger partial charge in [-0.15, -0.1) is 0 Å². The molecule has 5 rings (SSSR count). The first-order valence-corrected chi connectivity index (χ1v) is 8.33. The molecule has 0 aromatic heterocycles. The number of hydrogen-bond acceptors (Lipinski definition) is 2. The molecule has 3 heterocycles. The first kappa shape index (κ1) is 12.2. The summed E-state index contributed by atoms with van der Waals surface area (Å²) in [4.78, 5) is 7.81. The molecule has 0 spiro atoms. The van der Waals surface area contributed by atoms with Crippen LogP contribution < -0.4 is 0 Å². The number of hydrogen-bond donors (Lipinski definition) is 0. The van der Waals surface area contributed by atoms with Crippen molar-refractivity contribution < 1.29 is 0 Å². The maximum atomic E-state index is 5.12. The lowest BCUT2D eigenvalue weighted by molar-refractivity contribution is 0.0669. The van der Waals surface area contributed by atoms with Crippen LogP contribution in [0, 0.1) is 11.8 Å². The Morgan fingerprint density at radius 3 is 3.05 bits per heavy atom. The lowest BCUT2D eigenvalue weighted by atomic mass is 9.51. The summed E-state index contributed by atoms with van der Waals surface area (Å²) < 4.78 is 0. The molecule has 21 heavy (non-hydrogen) atoms. The summed E-state index contributed by atoms with van der Waals surface area (Å²) in [5, 5.41) is 0. The Morgan fingerprint density at radius 2 is 2.19 bits per heavy atom. The predicted molar refractivity (Wildman–Crippen MR) is 86.2 cm³/mol. The van der Waals surface area contributed by atoms with Crippen molar-refractivity contribution in [1.82, 2.24) is 4.90 Å². The fourth-order valence-corrected chi connectivity index (χ4v) is 5.67. The molecule has 2 saturated heterocycles. The molecule has 4 atom stereocenters. The summed E-state index contributed by atoms with van der Waals surface area (Å²) in [7, 11) is 0. The van der Waals surface area contributed by atoms with Crippen molar-refractivity contribution in [3.05, 3.63) is 41.5 Å². The van der Waals surface area contributed by atoms with Gasteiger partial charge in [0.15, 0.2) is 0 Å². The van der Waals surface area contributed by atoms with Gasteiger partial charge in [0.1, 0.15) is 0 Å². The van der Waals surface area contributed by atoms with E-state index in [9.17, 15) is 0 Å². The molecule has 0 amide bonds. The van der Waals surface area contributed by atoms with Crippen molar-refractivity contribution >= 4 is 11.4 Å². The summed E-state index contributed by atoms with van der Waals surface area (Å²) in [6.07, 6.45) is 4.93. The highest BCUT2D eigenvalue weighted by Crippen LogP contribution is 2.59. The fraction of sp³-hybridized carbons (Fsp3) is 0.526. The molecule has 3 aliphatic heterocycles. The standard InChI is InChI=1S/C19H22N2/c1-3-13-11-21-9-8-19-12(2)14(13)10-17(21)18(19)20-16-7-5-4-6-15(16)19/h3-7,12,14,17H,8-11H2,1-2H3/b13-3-/t12?,14-,17+,19-/m1/s1. The van der Waals surface area contributed by atoms with Crippen molar-refractivity contribution in [3.63, 3.8) is 0 Å². The Hall–Kier alpha value is -1.41. The van der Waals surface area contributed by atoms with Gasteiger partial charge >= 0.3 is 0 Å². The summed E-state index contributed by atoms with van der Waals surface area (Å²) in [5.74, 6) is 1.44. The van der Waals surface area contributed by atoms with Crippen LogP contribution >= 0.6 is 0 Å². The Balaban J connectivity index is 1.77. The van der Waals surface area contributed by atoms with Gasteiger partial charge in [-0.1, -0.05) is 36.8 Å². The van der Waals surface area contributed by atoms with E-state index in [1.165, 1.54) is 42.9 Å². The van der Waals surface area contributed by atoms with E-state index in [1.807, 2.05) is 0 Å². The smallest absolute Gasteiger partial charge is 0.0671 e. The molecule has 3 fully saturated rings. The number of fused-ring (bicyclic) bond motifs is 2. The zero-order valence-electron chi connectivity index (χ0n) is 12.8. The summed E-state index contributed by atoms with van der Waals surface area (Å²) >= 11 is 0. The van der Waals surface area contributed by atoms with Crippen LogP contribution in [0.1, 0.15) is 32.3 Å². The molecule has 0 radical (unpaired) electrons. The molecular formula is C19H22N2. The van der Waals surface area contributed by atoms with Gasteiger partial charge in [-0.3, -0.25) is 9.89 Å². The minimum atomic E-state index is 0.232. The maximum Gasteiger partial charge on any atom is 0.0671 e. The fourth-order valence-electron chi connectivity index (χ4n) is 5.67. The van der Waals surface area contributed by atoms with E-state index in [0.29, 0.717) is 12.0 Å². The minimum Gasteiger partial charge on any atom is -0.291 e. The summed E-state index contributed by atoms with van der Waals surface area (Å²) in [6.45, 7) is 7.11. The lowest BCUT2D eigenvalue weighted by Crippen LogP contribution is -2.66. The van der Waals surface area contributed by atoms with Crippen molar-refractivity contribution in [3.8, 4) is 0 Å². The summed E-state index contributed by atoms with van der Waals surface area (Å²) in [5.41, 5.74) is 6.15. The highest BCUT2D eigenvalue weighted by atomic mass is 15.2. The average molecular weight is 278 g/mol. The molecular weight excluding hydrogens is 256 g/mol. The van der Waals surface area contributed by atoms with E-state index in [0.717, 1.165) is 5.92 Å². The van der Waals surface area contributed by atoms with Crippen molar-refractivity contribution in [1.29, 1.82) is 0 Å². The Labute approximate surface area is 126 Å². The number of para-hydroxylation sites is 1. The van der Waals surface area contributed by atoms with Gasteiger partial charge in [0, 0.05) is 30.3 Å².